The van der Waals surface area contributed by atoms with Gasteiger partial charge in [-0.2, -0.15) is 0 Å². The molecule has 2 nitrogen and oxygen atoms in total. The molecule has 0 saturated heterocycles. The van der Waals surface area contributed by atoms with Gasteiger partial charge >= 0.3 is 0 Å². The van der Waals surface area contributed by atoms with Gasteiger partial charge in [0.2, 0.25) is 16.5 Å². The molecule has 0 atom stereocenters. The van der Waals surface area contributed by atoms with Crippen molar-refractivity contribution < 1.29 is 0 Å². The van der Waals surface area contributed by atoms with E-state index in [1.807, 2.05) is 0 Å². The molecule has 0 spiro atoms. The van der Waals surface area contributed by atoms with E-state index in [2.05, 4.69) is 156 Å². The molecular weight excluding hydrogens is 445 g/mol. The summed E-state index contributed by atoms with van der Waals surface area (Å²) in [5, 5.41) is 5.75. The van der Waals surface area contributed by atoms with Gasteiger partial charge in [-0.3, -0.25) is 0 Å². The van der Waals surface area contributed by atoms with Crippen LogP contribution in [0.25, 0.3) is 0 Å². The van der Waals surface area contributed by atoms with Crippen LogP contribution in [0, 0.1) is 0 Å². The zero-order valence-corrected chi connectivity index (χ0v) is 22.0. The predicted octanol–water partition coefficient (Wildman–Crippen LogP) is 3.02. The fourth-order valence-electron chi connectivity index (χ4n) is 5.52. The quantitative estimate of drug-likeness (QED) is 0.418. The highest BCUT2D eigenvalue weighted by molar-refractivity contribution is 7.08. The third-order valence-corrected chi connectivity index (χ3v) is 16.7. The molecule has 4 aromatic carbocycles. The molecule has 0 N–H and O–H groups in total. The Hall–Kier alpha value is -3.03. The Morgan fingerprint density at radius 3 is 0.882 bits per heavy atom. The summed E-state index contributed by atoms with van der Waals surface area (Å²) in [7, 11) is -0.0416. The molecule has 1 heterocycles. The van der Waals surface area contributed by atoms with Crippen LogP contribution in [-0.4, -0.2) is 52.8 Å². The van der Waals surface area contributed by atoms with Crippen LogP contribution in [0.1, 0.15) is 0 Å². The van der Waals surface area contributed by atoms with E-state index in [9.17, 15) is 0 Å². The van der Waals surface area contributed by atoms with E-state index in [4.69, 9.17) is 0 Å². The monoisotopic (exact) mass is 476 g/mol. The Morgan fingerprint density at radius 1 is 0.412 bits per heavy atom. The van der Waals surface area contributed by atoms with Gasteiger partial charge in [0.1, 0.15) is 0 Å². The molecule has 0 fully saturated rings. The molecular formula is C30H32N2Si2. The summed E-state index contributed by atoms with van der Waals surface area (Å²) < 4.78 is 5.30. The first-order valence-corrected chi connectivity index (χ1v) is 16.1. The van der Waals surface area contributed by atoms with Crippen LogP contribution in [0.2, 0.25) is 0 Å². The second-order valence-corrected chi connectivity index (χ2v) is 16.7. The Balaban J connectivity index is 1.82. The zero-order valence-electron chi connectivity index (χ0n) is 20.0. The average Bonchev–Trinajstić information content (AvgIpc) is 2.91. The highest BCUT2D eigenvalue weighted by atomic mass is 28.3. The van der Waals surface area contributed by atoms with Gasteiger partial charge in [-0.15, -0.1) is 0 Å². The summed E-state index contributed by atoms with van der Waals surface area (Å²) in [6.07, 6.45) is 0. The number of likely N-dealkylation sites (N-methyl/N-ethyl adjacent to an activating group) is 2. The summed E-state index contributed by atoms with van der Waals surface area (Å²) >= 11 is 0. The Morgan fingerprint density at radius 2 is 0.647 bits per heavy atom. The maximum absolute atomic E-state index is 2.65. The first-order valence-electron chi connectivity index (χ1n) is 12.0. The molecule has 0 aromatic heterocycles. The normalized spacial score (nSPS) is 19.1. The minimum Gasteiger partial charge on any atom is -0.315 e. The Labute approximate surface area is 206 Å². The van der Waals surface area contributed by atoms with Crippen LogP contribution in [-0.2, 0) is 0 Å². The lowest BCUT2D eigenvalue weighted by atomic mass is 10.4. The number of rotatable bonds is 4. The molecule has 4 aromatic rings. The lowest BCUT2D eigenvalue weighted by molar-refractivity contribution is 0.424. The average molecular weight is 477 g/mol. The molecule has 170 valence electrons. The van der Waals surface area contributed by atoms with Gasteiger partial charge < -0.3 is 9.13 Å². The maximum Gasteiger partial charge on any atom is 0.216 e. The van der Waals surface area contributed by atoms with Crippen LogP contribution < -0.4 is 20.7 Å². The van der Waals surface area contributed by atoms with Gasteiger partial charge in [0.15, 0.2) is 0 Å². The molecule has 0 radical (unpaired) electrons. The number of hydrogen-bond donors (Lipinski definition) is 0. The Kier molecular flexibility index (Phi) is 6.48. The van der Waals surface area contributed by atoms with Crippen molar-refractivity contribution in [2.24, 2.45) is 0 Å². The lowest BCUT2D eigenvalue weighted by Crippen LogP contribution is -2.74. The highest BCUT2D eigenvalue weighted by Crippen LogP contribution is 2.20. The van der Waals surface area contributed by atoms with Crippen LogP contribution in [0.5, 0.6) is 0 Å². The smallest absolute Gasteiger partial charge is 0.216 e. The van der Waals surface area contributed by atoms with E-state index in [0.29, 0.717) is 0 Å². The number of benzene rings is 4. The number of hydrogen-bond acceptors (Lipinski definition) is 2. The van der Waals surface area contributed by atoms with Crippen molar-refractivity contribution in [2.45, 2.75) is 0 Å². The molecule has 0 saturated carbocycles. The minimum absolute atomic E-state index is 1.02. The first kappa shape index (κ1) is 22.8. The van der Waals surface area contributed by atoms with Crippen molar-refractivity contribution in [3.05, 3.63) is 133 Å². The highest BCUT2D eigenvalue weighted by Gasteiger charge is 2.46. The fourth-order valence-corrected chi connectivity index (χ4v) is 14.9. The molecule has 4 heteroatoms. The van der Waals surface area contributed by atoms with Gasteiger partial charge in [0.25, 0.3) is 0 Å². The fraction of sp³-hybridized carbons (Fsp3) is 0.133. The lowest BCUT2D eigenvalue weighted by Gasteiger charge is -2.46. The third kappa shape index (κ3) is 3.83. The zero-order chi connectivity index (χ0) is 23.4. The molecule has 1 aliphatic heterocycles. The topological polar surface area (TPSA) is 6.48 Å². The van der Waals surface area contributed by atoms with E-state index < -0.39 is 16.5 Å². The summed E-state index contributed by atoms with van der Waals surface area (Å²) in [5.41, 5.74) is 5.28. The Bertz CT molecular complexity index is 1050. The second kappa shape index (κ2) is 9.68. The van der Waals surface area contributed by atoms with Crippen molar-refractivity contribution in [1.82, 2.24) is 9.13 Å². The third-order valence-electron chi connectivity index (χ3n) is 7.40. The molecule has 0 unspecified atom stereocenters. The van der Waals surface area contributed by atoms with E-state index >= 15 is 0 Å². The summed E-state index contributed by atoms with van der Waals surface area (Å²) in [4.78, 5) is 0. The van der Waals surface area contributed by atoms with Gasteiger partial charge in [-0.05, 0) is 34.8 Å². The first-order chi connectivity index (χ1) is 16.7. The van der Waals surface area contributed by atoms with Crippen molar-refractivity contribution in [3.8, 4) is 0 Å². The van der Waals surface area contributed by atoms with Crippen LogP contribution >= 0.6 is 0 Å². The van der Waals surface area contributed by atoms with Crippen molar-refractivity contribution in [1.29, 1.82) is 0 Å². The van der Waals surface area contributed by atoms with Crippen molar-refractivity contribution in [3.63, 3.8) is 0 Å². The minimum atomic E-state index is -2.34. The van der Waals surface area contributed by atoms with Gasteiger partial charge in [0.05, 0.1) is 0 Å². The number of nitrogens with zero attached hydrogens (tertiary/aromatic N) is 2. The summed E-state index contributed by atoms with van der Waals surface area (Å²) in [6, 6.07) is 44.7. The van der Waals surface area contributed by atoms with E-state index in [-0.39, 0.29) is 0 Å². The molecule has 5 rings (SSSR count). The SMILES string of the molecule is CN1CCN(C)[Si](c2ccccc2)(c2ccccc2)/C=C\[Si]1(c1ccccc1)c1ccccc1. The largest absolute Gasteiger partial charge is 0.315 e. The van der Waals surface area contributed by atoms with E-state index in [1.54, 1.807) is 0 Å². The predicted molar refractivity (Wildman–Crippen MR) is 150 cm³/mol. The standard InChI is InChI=1S/C30H32N2Si2/c1-31-23-24-32(2)34(29-19-11-5-12-20-29,30-21-13-6-14-22-30)26-25-33(31,27-15-7-3-8-16-27)28-17-9-4-10-18-28/h3-22,25-26H,23-24H2,1-2H3/b26-25-. The van der Waals surface area contributed by atoms with Gasteiger partial charge in [-0.1, -0.05) is 133 Å². The van der Waals surface area contributed by atoms with Crippen LogP contribution in [0.15, 0.2) is 133 Å². The molecule has 34 heavy (non-hydrogen) atoms. The molecule has 0 bridgehead atoms. The van der Waals surface area contributed by atoms with E-state index in [0.717, 1.165) is 13.1 Å². The molecule has 1 aliphatic rings. The van der Waals surface area contributed by atoms with Crippen LogP contribution in [0.4, 0.5) is 0 Å². The molecule has 0 aliphatic carbocycles. The summed E-state index contributed by atoms with van der Waals surface area (Å²) in [5.74, 6) is 0. The van der Waals surface area contributed by atoms with Crippen molar-refractivity contribution in [2.75, 3.05) is 27.2 Å². The van der Waals surface area contributed by atoms with Gasteiger partial charge in [0, 0.05) is 13.1 Å². The summed E-state index contributed by atoms with van der Waals surface area (Å²) in [6.45, 7) is 2.04. The van der Waals surface area contributed by atoms with Gasteiger partial charge in [-0.25, -0.2) is 0 Å². The van der Waals surface area contributed by atoms with Crippen LogP contribution in [0.3, 0.4) is 0 Å². The molecule has 0 amide bonds. The second-order valence-electron chi connectivity index (χ2n) is 9.17. The maximum atomic E-state index is 2.65. The van der Waals surface area contributed by atoms with Crippen molar-refractivity contribution >= 4 is 37.2 Å². The van der Waals surface area contributed by atoms with E-state index in [1.165, 1.54) is 20.7 Å².